The second kappa shape index (κ2) is 9.44. The van der Waals surface area contributed by atoms with Crippen LogP contribution in [0, 0.1) is 0 Å². The average molecular weight is 531 g/mol. The van der Waals surface area contributed by atoms with Gasteiger partial charge in [0.1, 0.15) is 5.56 Å². The SMILES string of the molecule is CC1(NC(=O)c2cnn3c(-c4ccc(C(F)(F)F)cc4)c(-c4ccccc4Cl)cnc23)CCSCC1. The van der Waals surface area contributed by atoms with Crippen LogP contribution in [0.5, 0.6) is 0 Å². The molecule has 0 spiro atoms. The topological polar surface area (TPSA) is 59.3 Å². The summed E-state index contributed by atoms with van der Waals surface area (Å²) in [6.45, 7) is 2.03. The number of hydrogen-bond acceptors (Lipinski definition) is 4. The zero-order valence-electron chi connectivity index (χ0n) is 19.3. The van der Waals surface area contributed by atoms with Crippen LogP contribution < -0.4 is 5.32 Å². The number of aromatic nitrogens is 3. The summed E-state index contributed by atoms with van der Waals surface area (Å²) >= 11 is 8.33. The second-order valence-corrected chi connectivity index (χ2v) is 10.6. The molecule has 186 valence electrons. The Labute approximate surface area is 215 Å². The third kappa shape index (κ3) is 4.69. The van der Waals surface area contributed by atoms with Gasteiger partial charge in [0.25, 0.3) is 5.91 Å². The number of carbonyl (C=O) groups excluding carboxylic acids is 1. The van der Waals surface area contributed by atoms with Crippen molar-refractivity contribution >= 4 is 34.9 Å². The van der Waals surface area contributed by atoms with E-state index in [1.54, 1.807) is 24.4 Å². The molecule has 36 heavy (non-hydrogen) atoms. The fourth-order valence-electron chi connectivity index (χ4n) is 4.35. The smallest absolute Gasteiger partial charge is 0.347 e. The Balaban J connectivity index is 1.64. The first-order valence-electron chi connectivity index (χ1n) is 11.4. The maximum Gasteiger partial charge on any atom is 0.416 e. The molecule has 1 aliphatic heterocycles. The van der Waals surface area contributed by atoms with Gasteiger partial charge >= 0.3 is 6.18 Å². The van der Waals surface area contributed by atoms with Gasteiger partial charge in [0, 0.05) is 33.4 Å². The number of benzene rings is 2. The van der Waals surface area contributed by atoms with E-state index in [0.717, 1.165) is 36.5 Å². The van der Waals surface area contributed by atoms with E-state index in [0.29, 0.717) is 38.6 Å². The molecule has 4 aromatic rings. The number of hydrogen-bond donors (Lipinski definition) is 1. The molecule has 2 aromatic carbocycles. The van der Waals surface area contributed by atoms with Crippen molar-refractivity contribution in [3.05, 3.63) is 77.1 Å². The summed E-state index contributed by atoms with van der Waals surface area (Å²) < 4.78 is 41.1. The van der Waals surface area contributed by atoms with Crippen molar-refractivity contribution in [2.75, 3.05) is 11.5 Å². The lowest BCUT2D eigenvalue weighted by Crippen LogP contribution is -2.48. The summed E-state index contributed by atoms with van der Waals surface area (Å²) in [5.41, 5.74) is 1.74. The summed E-state index contributed by atoms with van der Waals surface area (Å²) in [4.78, 5) is 17.8. The van der Waals surface area contributed by atoms with Gasteiger partial charge in [0.05, 0.1) is 17.5 Å². The molecule has 1 amide bonds. The number of alkyl halides is 3. The Morgan fingerprint density at radius 3 is 2.42 bits per heavy atom. The number of halogens is 4. The fraction of sp³-hybridized carbons (Fsp3) is 0.269. The van der Waals surface area contributed by atoms with Gasteiger partial charge in [-0.1, -0.05) is 41.9 Å². The van der Waals surface area contributed by atoms with E-state index in [4.69, 9.17) is 11.6 Å². The van der Waals surface area contributed by atoms with Crippen molar-refractivity contribution in [1.29, 1.82) is 0 Å². The number of thioether (sulfide) groups is 1. The van der Waals surface area contributed by atoms with Crippen LogP contribution in [0.15, 0.2) is 60.9 Å². The first-order valence-corrected chi connectivity index (χ1v) is 12.9. The molecule has 0 bridgehead atoms. The third-order valence-electron chi connectivity index (χ3n) is 6.43. The molecule has 0 radical (unpaired) electrons. The van der Waals surface area contributed by atoms with Gasteiger partial charge in [-0.05, 0) is 49.5 Å². The Morgan fingerprint density at radius 2 is 1.75 bits per heavy atom. The van der Waals surface area contributed by atoms with Crippen LogP contribution in [0.1, 0.15) is 35.7 Å². The maximum absolute atomic E-state index is 13.2. The molecule has 1 saturated heterocycles. The van der Waals surface area contributed by atoms with Crippen LogP contribution in [-0.2, 0) is 6.18 Å². The van der Waals surface area contributed by atoms with E-state index in [9.17, 15) is 18.0 Å². The molecule has 5 rings (SSSR count). The van der Waals surface area contributed by atoms with Crippen LogP contribution in [0.25, 0.3) is 28.0 Å². The summed E-state index contributed by atoms with van der Waals surface area (Å²) in [7, 11) is 0. The first kappa shape index (κ1) is 24.6. The van der Waals surface area contributed by atoms with Gasteiger partial charge in [-0.3, -0.25) is 4.79 Å². The van der Waals surface area contributed by atoms with Crippen molar-refractivity contribution in [3.63, 3.8) is 0 Å². The molecule has 10 heteroatoms. The second-order valence-electron chi connectivity index (χ2n) is 9.00. The summed E-state index contributed by atoms with van der Waals surface area (Å²) in [6, 6.07) is 12.0. The monoisotopic (exact) mass is 530 g/mol. The van der Waals surface area contributed by atoms with Crippen molar-refractivity contribution in [2.24, 2.45) is 0 Å². The summed E-state index contributed by atoms with van der Waals surface area (Å²) in [5.74, 6) is 1.67. The molecule has 0 saturated carbocycles. The number of nitrogens with one attached hydrogen (secondary N) is 1. The maximum atomic E-state index is 13.2. The van der Waals surface area contributed by atoms with Crippen LogP contribution in [-0.4, -0.2) is 37.5 Å². The van der Waals surface area contributed by atoms with Gasteiger partial charge in [-0.2, -0.15) is 30.0 Å². The van der Waals surface area contributed by atoms with Gasteiger partial charge in [0.2, 0.25) is 0 Å². The minimum atomic E-state index is -4.46. The van der Waals surface area contributed by atoms with E-state index in [-0.39, 0.29) is 11.4 Å². The van der Waals surface area contributed by atoms with E-state index in [1.165, 1.54) is 22.8 Å². The van der Waals surface area contributed by atoms with Gasteiger partial charge in [-0.15, -0.1) is 0 Å². The third-order valence-corrected chi connectivity index (χ3v) is 7.75. The Bertz CT molecular complexity index is 1430. The van der Waals surface area contributed by atoms with Crippen molar-refractivity contribution < 1.29 is 18.0 Å². The minimum Gasteiger partial charge on any atom is -0.347 e. The average Bonchev–Trinajstić information content (AvgIpc) is 3.28. The molecular formula is C26H22ClF3N4OS. The Kier molecular flexibility index (Phi) is 6.46. The zero-order chi connectivity index (χ0) is 25.5. The molecule has 1 N–H and O–H groups in total. The van der Waals surface area contributed by atoms with Crippen molar-refractivity contribution in [3.8, 4) is 22.4 Å². The van der Waals surface area contributed by atoms with Crippen LogP contribution in [0.2, 0.25) is 5.02 Å². The Hall–Kier alpha value is -3.04. The fourth-order valence-corrected chi connectivity index (χ4v) is 5.98. The number of amides is 1. The van der Waals surface area contributed by atoms with E-state index >= 15 is 0 Å². The highest BCUT2D eigenvalue weighted by Crippen LogP contribution is 2.38. The minimum absolute atomic E-state index is 0.282. The molecule has 0 atom stereocenters. The number of carbonyl (C=O) groups is 1. The molecule has 0 aliphatic carbocycles. The highest BCUT2D eigenvalue weighted by molar-refractivity contribution is 7.99. The van der Waals surface area contributed by atoms with Crippen molar-refractivity contribution in [1.82, 2.24) is 19.9 Å². The molecule has 1 aliphatic rings. The number of fused-ring (bicyclic) bond motifs is 1. The highest BCUT2D eigenvalue weighted by atomic mass is 35.5. The normalized spacial score (nSPS) is 15.7. The molecule has 3 heterocycles. The number of rotatable bonds is 4. The standard InChI is InChI=1S/C26H22ClF3N4OS/c1-25(10-12-36-13-11-25)33-24(35)20-15-32-34-22(16-6-8-17(9-7-16)26(28,29)30)19(14-31-23(20)34)18-4-2-3-5-21(18)27/h2-9,14-15H,10-13H2,1H3,(H,33,35). The molecule has 0 unspecified atom stereocenters. The number of nitrogens with zero attached hydrogens (tertiary/aromatic N) is 3. The lowest BCUT2D eigenvalue weighted by atomic mass is 9.94. The van der Waals surface area contributed by atoms with Crippen LogP contribution in [0.3, 0.4) is 0 Å². The predicted molar refractivity (Wildman–Crippen MR) is 136 cm³/mol. The van der Waals surface area contributed by atoms with Gasteiger partial charge in [-0.25, -0.2) is 9.50 Å². The molecular weight excluding hydrogens is 509 g/mol. The quantitative estimate of drug-likeness (QED) is 0.317. The summed E-state index contributed by atoms with van der Waals surface area (Å²) in [5, 5.41) is 8.04. The van der Waals surface area contributed by atoms with Crippen molar-refractivity contribution in [2.45, 2.75) is 31.5 Å². The lowest BCUT2D eigenvalue weighted by molar-refractivity contribution is -0.137. The predicted octanol–water partition coefficient (Wildman–Crippen LogP) is 6.75. The molecule has 2 aromatic heterocycles. The van der Waals surface area contributed by atoms with Gasteiger partial charge < -0.3 is 5.32 Å². The van der Waals surface area contributed by atoms with E-state index in [2.05, 4.69) is 15.4 Å². The zero-order valence-corrected chi connectivity index (χ0v) is 20.8. The van der Waals surface area contributed by atoms with Gasteiger partial charge in [0.15, 0.2) is 5.65 Å². The molecule has 1 fully saturated rings. The largest absolute Gasteiger partial charge is 0.416 e. The van der Waals surface area contributed by atoms with Crippen LogP contribution in [0.4, 0.5) is 13.2 Å². The first-order chi connectivity index (χ1) is 17.2. The summed E-state index contributed by atoms with van der Waals surface area (Å²) in [6.07, 6.45) is 0.304. The van der Waals surface area contributed by atoms with E-state index in [1.807, 2.05) is 24.8 Å². The van der Waals surface area contributed by atoms with Crippen LogP contribution >= 0.6 is 23.4 Å². The van der Waals surface area contributed by atoms with E-state index < -0.39 is 11.7 Å². The highest BCUT2D eigenvalue weighted by Gasteiger charge is 2.32. The lowest BCUT2D eigenvalue weighted by Gasteiger charge is -2.34. The Morgan fingerprint density at radius 1 is 1.06 bits per heavy atom. The molecule has 5 nitrogen and oxygen atoms in total.